The molecule has 0 aliphatic carbocycles. The van der Waals surface area contributed by atoms with E-state index in [1.54, 1.807) is 19.2 Å². The molecule has 108 valence electrons. The Morgan fingerprint density at radius 1 is 1.35 bits per heavy atom. The van der Waals surface area contributed by atoms with Crippen molar-refractivity contribution in [3.63, 3.8) is 0 Å². The second-order valence-corrected chi connectivity index (χ2v) is 4.50. The van der Waals surface area contributed by atoms with Crippen LogP contribution in [0.25, 0.3) is 0 Å². The number of hydrogen-bond donors (Lipinski definition) is 1. The van der Waals surface area contributed by atoms with Gasteiger partial charge in [-0.3, -0.25) is 9.69 Å². The van der Waals surface area contributed by atoms with Crippen molar-refractivity contribution in [1.82, 2.24) is 0 Å². The number of nitrogens with zero attached hydrogens (tertiary/aromatic N) is 1. The van der Waals surface area contributed by atoms with Gasteiger partial charge in [0.05, 0.1) is 13.2 Å². The first-order valence-corrected chi connectivity index (χ1v) is 6.34. The van der Waals surface area contributed by atoms with Crippen molar-refractivity contribution in [3.8, 4) is 0 Å². The van der Waals surface area contributed by atoms with E-state index in [4.69, 9.17) is 9.47 Å². The van der Waals surface area contributed by atoms with Crippen LogP contribution in [0.2, 0.25) is 0 Å². The maximum absolute atomic E-state index is 12.2. The minimum Gasteiger partial charge on any atom is -0.480 e. The molecule has 1 heterocycles. The molecule has 1 aromatic rings. The average molecular weight is 279 g/mol. The average Bonchev–Trinajstić information content (AvgIpc) is 2.83. The van der Waals surface area contributed by atoms with Gasteiger partial charge >= 0.3 is 5.97 Å². The molecule has 2 rings (SSSR count). The zero-order chi connectivity index (χ0) is 14.5. The van der Waals surface area contributed by atoms with Gasteiger partial charge in [-0.25, -0.2) is 4.79 Å². The van der Waals surface area contributed by atoms with Crippen molar-refractivity contribution in [2.45, 2.75) is 12.5 Å². The zero-order valence-electron chi connectivity index (χ0n) is 11.2. The molecule has 1 aliphatic heterocycles. The first kappa shape index (κ1) is 14.5. The predicted octanol–water partition coefficient (Wildman–Crippen LogP) is 0.692. The highest BCUT2D eigenvalue weighted by Gasteiger charge is 2.37. The minimum atomic E-state index is -1.01. The van der Waals surface area contributed by atoms with Crippen molar-refractivity contribution in [1.29, 1.82) is 0 Å². The van der Waals surface area contributed by atoms with Crippen LogP contribution in [-0.4, -0.2) is 50.0 Å². The number of carboxylic acids is 1. The lowest BCUT2D eigenvalue weighted by atomic mass is 10.1. The molecule has 1 aromatic carbocycles. The maximum atomic E-state index is 12.2. The van der Waals surface area contributed by atoms with Gasteiger partial charge in [0.2, 0.25) is 0 Å². The SMILES string of the molecule is COCCOCC(=O)N1c2ccccc2CC1C(=O)O. The van der Waals surface area contributed by atoms with E-state index in [2.05, 4.69) is 0 Å². The normalized spacial score (nSPS) is 17.1. The first-order chi connectivity index (χ1) is 9.65. The molecule has 0 fully saturated rings. The molecule has 1 atom stereocenters. The summed E-state index contributed by atoms with van der Waals surface area (Å²) in [5, 5.41) is 9.26. The number of para-hydroxylation sites is 1. The number of benzene rings is 1. The fraction of sp³-hybridized carbons (Fsp3) is 0.429. The van der Waals surface area contributed by atoms with Crippen molar-refractivity contribution in [2.24, 2.45) is 0 Å². The summed E-state index contributed by atoms with van der Waals surface area (Å²) in [6.07, 6.45) is 0.329. The molecule has 0 saturated heterocycles. The van der Waals surface area contributed by atoms with E-state index in [0.29, 0.717) is 25.3 Å². The molecule has 0 radical (unpaired) electrons. The summed E-state index contributed by atoms with van der Waals surface area (Å²) in [5.41, 5.74) is 1.52. The standard InChI is InChI=1S/C14H17NO5/c1-19-6-7-20-9-13(16)15-11-5-3-2-4-10(11)8-12(15)14(17)18/h2-5,12H,6-9H2,1H3,(H,17,18). The third-order valence-electron chi connectivity index (χ3n) is 3.19. The van der Waals surface area contributed by atoms with Crippen molar-refractivity contribution in [2.75, 3.05) is 31.8 Å². The van der Waals surface area contributed by atoms with Gasteiger partial charge in [-0.15, -0.1) is 0 Å². The van der Waals surface area contributed by atoms with Crippen LogP contribution < -0.4 is 4.90 Å². The van der Waals surface area contributed by atoms with Crippen molar-refractivity contribution < 1.29 is 24.2 Å². The highest BCUT2D eigenvalue weighted by Crippen LogP contribution is 2.32. The number of anilines is 1. The van der Waals surface area contributed by atoms with Crippen LogP contribution in [0.15, 0.2) is 24.3 Å². The monoisotopic (exact) mass is 279 g/mol. The Morgan fingerprint density at radius 3 is 2.80 bits per heavy atom. The second-order valence-electron chi connectivity index (χ2n) is 4.50. The Bertz CT molecular complexity index is 502. The topological polar surface area (TPSA) is 76.1 Å². The molecule has 6 nitrogen and oxygen atoms in total. The Labute approximate surface area is 116 Å². The molecule has 20 heavy (non-hydrogen) atoms. The van der Waals surface area contributed by atoms with Gasteiger partial charge in [0.15, 0.2) is 0 Å². The summed E-state index contributed by atoms with van der Waals surface area (Å²) in [7, 11) is 1.54. The minimum absolute atomic E-state index is 0.151. The Kier molecular flexibility index (Phi) is 4.70. The lowest BCUT2D eigenvalue weighted by Gasteiger charge is -2.22. The number of amides is 1. The third-order valence-corrected chi connectivity index (χ3v) is 3.19. The van der Waals surface area contributed by atoms with Crippen molar-refractivity contribution in [3.05, 3.63) is 29.8 Å². The van der Waals surface area contributed by atoms with Gasteiger partial charge in [-0.05, 0) is 11.6 Å². The lowest BCUT2D eigenvalue weighted by molar-refractivity contribution is -0.140. The molecule has 0 spiro atoms. The van der Waals surface area contributed by atoms with Crippen LogP contribution in [0.4, 0.5) is 5.69 Å². The Hall–Kier alpha value is -1.92. The van der Waals surface area contributed by atoms with E-state index in [-0.39, 0.29) is 12.5 Å². The van der Waals surface area contributed by atoms with Crippen molar-refractivity contribution >= 4 is 17.6 Å². The lowest BCUT2D eigenvalue weighted by Crippen LogP contribution is -2.44. The molecule has 0 aromatic heterocycles. The smallest absolute Gasteiger partial charge is 0.327 e. The number of ether oxygens (including phenoxy) is 2. The number of carbonyl (C=O) groups excluding carboxylic acids is 1. The summed E-state index contributed by atoms with van der Waals surface area (Å²) in [6, 6.07) is 6.36. The maximum Gasteiger partial charge on any atom is 0.327 e. The molecule has 1 amide bonds. The summed E-state index contributed by atoms with van der Waals surface area (Å²) < 4.78 is 10.0. The van der Waals surface area contributed by atoms with Crippen LogP contribution in [0.3, 0.4) is 0 Å². The number of methoxy groups -OCH3 is 1. The fourth-order valence-corrected chi connectivity index (χ4v) is 2.26. The number of carbonyl (C=O) groups is 2. The zero-order valence-corrected chi connectivity index (χ0v) is 11.2. The third kappa shape index (κ3) is 2.97. The van der Waals surface area contributed by atoms with E-state index >= 15 is 0 Å². The van der Waals surface area contributed by atoms with Crippen LogP contribution in [0, 0.1) is 0 Å². The van der Waals surface area contributed by atoms with E-state index in [1.807, 2.05) is 12.1 Å². The van der Waals surface area contributed by atoms with E-state index in [1.165, 1.54) is 4.90 Å². The summed E-state index contributed by atoms with van der Waals surface area (Å²) >= 11 is 0. The van der Waals surface area contributed by atoms with Gasteiger partial charge in [-0.1, -0.05) is 18.2 Å². The molecule has 0 saturated carbocycles. The number of rotatable bonds is 6. The summed E-state index contributed by atoms with van der Waals surface area (Å²) in [6.45, 7) is 0.545. The molecule has 1 unspecified atom stereocenters. The molecule has 1 N–H and O–H groups in total. The number of aliphatic carboxylic acids is 1. The van der Waals surface area contributed by atoms with E-state index in [9.17, 15) is 14.7 Å². The van der Waals surface area contributed by atoms with Gasteiger partial charge < -0.3 is 14.6 Å². The van der Waals surface area contributed by atoms with Gasteiger partial charge in [-0.2, -0.15) is 0 Å². The summed E-state index contributed by atoms with van der Waals surface area (Å²) in [4.78, 5) is 24.8. The molecule has 0 bridgehead atoms. The molecule has 1 aliphatic rings. The van der Waals surface area contributed by atoms with Gasteiger partial charge in [0.1, 0.15) is 12.6 Å². The van der Waals surface area contributed by atoms with E-state index < -0.39 is 12.0 Å². The highest BCUT2D eigenvalue weighted by atomic mass is 16.5. The van der Waals surface area contributed by atoms with Gasteiger partial charge in [0.25, 0.3) is 5.91 Å². The van der Waals surface area contributed by atoms with Crippen LogP contribution >= 0.6 is 0 Å². The largest absolute Gasteiger partial charge is 0.480 e. The van der Waals surface area contributed by atoms with Crippen LogP contribution in [-0.2, 0) is 25.5 Å². The van der Waals surface area contributed by atoms with Crippen LogP contribution in [0.1, 0.15) is 5.56 Å². The second kappa shape index (κ2) is 6.49. The van der Waals surface area contributed by atoms with E-state index in [0.717, 1.165) is 5.56 Å². The first-order valence-electron chi connectivity index (χ1n) is 6.34. The predicted molar refractivity (Wildman–Crippen MR) is 71.8 cm³/mol. The Morgan fingerprint density at radius 2 is 2.10 bits per heavy atom. The van der Waals surface area contributed by atoms with Crippen LogP contribution in [0.5, 0.6) is 0 Å². The molecule has 6 heteroatoms. The molecular formula is C14H17NO5. The fourth-order valence-electron chi connectivity index (χ4n) is 2.26. The summed E-state index contributed by atoms with van der Waals surface area (Å²) in [5.74, 6) is -1.36. The number of hydrogen-bond acceptors (Lipinski definition) is 4. The Balaban J connectivity index is 2.10. The van der Waals surface area contributed by atoms with Gasteiger partial charge in [0, 0.05) is 19.2 Å². The highest BCUT2D eigenvalue weighted by molar-refractivity contribution is 6.02. The number of fused-ring (bicyclic) bond motifs is 1. The molecular weight excluding hydrogens is 262 g/mol. The quantitative estimate of drug-likeness (QED) is 0.775. The number of carboxylic acid groups (broad SMARTS) is 1.